The first-order chi connectivity index (χ1) is 11.6. The van der Waals surface area contributed by atoms with Crippen molar-refractivity contribution in [1.29, 1.82) is 0 Å². The predicted octanol–water partition coefficient (Wildman–Crippen LogP) is 2.75. The second-order valence-electron chi connectivity index (χ2n) is 5.53. The average molecular weight is 355 g/mol. The number of hydrogen-bond acceptors (Lipinski definition) is 3. The van der Waals surface area contributed by atoms with Crippen molar-refractivity contribution in [3.8, 4) is 5.69 Å². The summed E-state index contributed by atoms with van der Waals surface area (Å²) in [4.78, 5) is 23.8. The standard InChI is InChI=1S/C16H16F3N3O3/c1-10-4-3-5-11(8-10)22-14(16(17,18)19)12(9-20-22)15(25)21(2)7-6-13(23)24/h3-5,8-9H,6-7H2,1-2H3,(H,23,24). The number of rotatable bonds is 5. The highest BCUT2D eigenvalue weighted by Crippen LogP contribution is 2.34. The van der Waals surface area contributed by atoms with Crippen molar-refractivity contribution in [2.75, 3.05) is 13.6 Å². The van der Waals surface area contributed by atoms with Crippen LogP contribution < -0.4 is 0 Å². The molecule has 1 aromatic heterocycles. The van der Waals surface area contributed by atoms with E-state index >= 15 is 0 Å². The number of nitrogens with zero attached hydrogens (tertiary/aromatic N) is 3. The van der Waals surface area contributed by atoms with Crippen LogP contribution in [0.1, 0.15) is 28.0 Å². The second-order valence-corrected chi connectivity index (χ2v) is 5.53. The van der Waals surface area contributed by atoms with E-state index in [1.54, 1.807) is 19.1 Å². The average Bonchev–Trinajstić information content (AvgIpc) is 2.97. The lowest BCUT2D eigenvalue weighted by Crippen LogP contribution is -2.31. The molecule has 0 saturated carbocycles. The Morgan fingerprint density at radius 3 is 2.56 bits per heavy atom. The lowest BCUT2D eigenvalue weighted by atomic mass is 10.2. The summed E-state index contributed by atoms with van der Waals surface area (Å²) >= 11 is 0. The number of hydrogen-bond donors (Lipinski definition) is 1. The number of carbonyl (C=O) groups is 2. The monoisotopic (exact) mass is 355 g/mol. The Morgan fingerprint density at radius 1 is 1.32 bits per heavy atom. The number of aromatic nitrogens is 2. The molecule has 1 amide bonds. The highest BCUT2D eigenvalue weighted by molar-refractivity contribution is 5.95. The van der Waals surface area contributed by atoms with Gasteiger partial charge in [-0.2, -0.15) is 18.3 Å². The Kier molecular flexibility index (Phi) is 5.15. The Balaban J connectivity index is 2.46. The number of halogens is 3. The summed E-state index contributed by atoms with van der Waals surface area (Å²) in [5.41, 5.74) is -0.890. The van der Waals surface area contributed by atoms with Crippen molar-refractivity contribution in [2.24, 2.45) is 0 Å². The lowest BCUT2D eigenvalue weighted by Gasteiger charge is -2.18. The molecule has 2 rings (SSSR count). The van der Waals surface area contributed by atoms with Gasteiger partial charge in [0, 0.05) is 13.6 Å². The highest BCUT2D eigenvalue weighted by atomic mass is 19.4. The smallest absolute Gasteiger partial charge is 0.434 e. The summed E-state index contributed by atoms with van der Waals surface area (Å²) in [6, 6.07) is 6.29. The van der Waals surface area contributed by atoms with Crippen molar-refractivity contribution in [2.45, 2.75) is 19.5 Å². The first-order valence-electron chi connectivity index (χ1n) is 7.30. The molecule has 0 radical (unpaired) electrons. The molecule has 9 heteroatoms. The van der Waals surface area contributed by atoms with E-state index in [9.17, 15) is 22.8 Å². The number of aliphatic carboxylic acids is 1. The molecule has 0 unspecified atom stereocenters. The summed E-state index contributed by atoms with van der Waals surface area (Å²) in [7, 11) is 1.25. The molecule has 0 aliphatic rings. The second kappa shape index (κ2) is 6.96. The maximum Gasteiger partial charge on any atom is 0.434 e. The van der Waals surface area contributed by atoms with Crippen LogP contribution in [0.4, 0.5) is 13.2 Å². The van der Waals surface area contributed by atoms with Crippen LogP contribution >= 0.6 is 0 Å². The fourth-order valence-electron chi connectivity index (χ4n) is 2.30. The van der Waals surface area contributed by atoms with Crippen LogP contribution in [0.25, 0.3) is 5.69 Å². The molecule has 0 spiro atoms. The van der Waals surface area contributed by atoms with Crippen LogP contribution in [0.5, 0.6) is 0 Å². The minimum absolute atomic E-state index is 0.180. The topological polar surface area (TPSA) is 75.4 Å². The van der Waals surface area contributed by atoms with E-state index in [2.05, 4.69) is 5.10 Å². The zero-order valence-corrected chi connectivity index (χ0v) is 13.5. The first kappa shape index (κ1) is 18.5. The summed E-state index contributed by atoms with van der Waals surface area (Å²) < 4.78 is 41.3. The van der Waals surface area contributed by atoms with Gasteiger partial charge in [-0.15, -0.1) is 0 Å². The third-order valence-corrected chi connectivity index (χ3v) is 3.52. The van der Waals surface area contributed by atoms with Gasteiger partial charge >= 0.3 is 12.1 Å². The zero-order chi connectivity index (χ0) is 18.8. The van der Waals surface area contributed by atoms with Crippen LogP contribution in [-0.4, -0.2) is 45.3 Å². The largest absolute Gasteiger partial charge is 0.481 e. The van der Waals surface area contributed by atoms with Crippen LogP contribution in [0.15, 0.2) is 30.5 Å². The molecule has 134 valence electrons. The molecule has 2 aromatic rings. The molecule has 0 fully saturated rings. The number of carboxylic acid groups (broad SMARTS) is 1. The lowest BCUT2D eigenvalue weighted by molar-refractivity contribution is -0.143. The SMILES string of the molecule is Cc1cccc(-n2ncc(C(=O)N(C)CCC(=O)O)c2C(F)(F)F)c1. The van der Waals surface area contributed by atoms with E-state index in [1.165, 1.54) is 19.2 Å². The first-order valence-corrected chi connectivity index (χ1v) is 7.30. The maximum absolute atomic E-state index is 13.5. The molecule has 1 aromatic carbocycles. The van der Waals surface area contributed by atoms with Gasteiger partial charge in [0.15, 0.2) is 5.69 Å². The quantitative estimate of drug-likeness (QED) is 0.895. The van der Waals surface area contributed by atoms with Gasteiger partial charge in [-0.25, -0.2) is 4.68 Å². The normalized spacial score (nSPS) is 11.4. The summed E-state index contributed by atoms with van der Waals surface area (Å²) in [6.45, 7) is 1.52. The molecule has 0 saturated heterocycles. The van der Waals surface area contributed by atoms with E-state index < -0.39 is 29.3 Å². The molecule has 0 bridgehead atoms. The zero-order valence-electron chi connectivity index (χ0n) is 13.5. The van der Waals surface area contributed by atoms with E-state index in [1.807, 2.05) is 0 Å². The number of benzene rings is 1. The third kappa shape index (κ3) is 4.17. The number of carbonyl (C=O) groups excluding carboxylic acids is 1. The van der Waals surface area contributed by atoms with Gasteiger partial charge in [-0.05, 0) is 24.6 Å². The van der Waals surface area contributed by atoms with Gasteiger partial charge in [-0.1, -0.05) is 12.1 Å². The number of amides is 1. The molecule has 1 N–H and O–H groups in total. The van der Waals surface area contributed by atoms with Crippen LogP contribution in [-0.2, 0) is 11.0 Å². The van der Waals surface area contributed by atoms with Crippen LogP contribution in [0.2, 0.25) is 0 Å². The van der Waals surface area contributed by atoms with Crippen molar-refractivity contribution < 1.29 is 27.9 Å². The maximum atomic E-state index is 13.5. The Morgan fingerprint density at radius 2 is 2.00 bits per heavy atom. The van der Waals surface area contributed by atoms with E-state index in [0.29, 0.717) is 4.68 Å². The predicted molar refractivity (Wildman–Crippen MR) is 82.5 cm³/mol. The van der Waals surface area contributed by atoms with E-state index in [0.717, 1.165) is 16.7 Å². The van der Waals surface area contributed by atoms with Crippen molar-refractivity contribution in [1.82, 2.24) is 14.7 Å². The van der Waals surface area contributed by atoms with Gasteiger partial charge in [0.25, 0.3) is 5.91 Å². The Bertz CT molecular complexity index is 799. The molecular formula is C16H16F3N3O3. The van der Waals surface area contributed by atoms with Crippen molar-refractivity contribution in [3.63, 3.8) is 0 Å². The van der Waals surface area contributed by atoms with Gasteiger partial charge in [0.05, 0.1) is 23.9 Å². The molecule has 6 nitrogen and oxygen atoms in total. The molecule has 0 atom stereocenters. The number of alkyl halides is 3. The van der Waals surface area contributed by atoms with Gasteiger partial charge in [0.2, 0.25) is 0 Å². The van der Waals surface area contributed by atoms with E-state index in [-0.39, 0.29) is 18.7 Å². The number of carboxylic acids is 1. The Labute approximate surface area is 141 Å². The number of aryl methyl sites for hydroxylation is 1. The van der Waals surface area contributed by atoms with Gasteiger partial charge in [-0.3, -0.25) is 9.59 Å². The molecule has 1 heterocycles. The van der Waals surface area contributed by atoms with E-state index in [4.69, 9.17) is 5.11 Å². The van der Waals surface area contributed by atoms with Gasteiger partial charge in [0.1, 0.15) is 0 Å². The molecule has 0 aliphatic carbocycles. The molecule has 0 aliphatic heterocycles. The minimum atomic E-state index is -4.81. The molecular weight excluding hydrogens is 339 g/mol. The van der Waals surface area contributed by atoms with Crippen LogP contribution in [0, 0.1) is 6.92 Å². The summed E-state index contributed by atoms with van der Waals surface area (Å²) in [5, 5.41) is 12.4. The highest BCUT2D eigenvalue weighted by Gasteiger charge is 2.41. The van der Waals surface area contributed by atoms with Crippen molar-refractivity contribution in [3.05, 3.63) is 47.3 Å². The minimum Gasteiger partial charge on any atom is -0.481 e. The van der Waals surface area contributed by atoms with Crippen LogP contribution in [0.3, 0.4) is 0 Å². The fraction of sp³-hybridized carbons (Fsp3) is 0.312. The Hall–Kier alpha value is -2.84. The fourth-order valence-corrected chi connectivity index (χ4v) is 2.30. The van der Waals surface area contributed by atoms with Gasteiger partial charge < -0.3 is 10.0 Å². The summed E-state index contributed by atoms with van der Waals surface area (Å²) in [5.74, 6) is -2.08. The van der Waals surface area contributed by atoms with Crippen molar-refractivity contribution >= 4 is 11.9 Å². The third-order valence-electron chi connectivity index (χ3n) is 3.52. The molecule has 25 heavy (non-hydrogen) atoms. The summed E-state index contributed by atoms with van der Waals surface area (Å²) in [6.07, 6.45) is -4.32.